The van der Waals surface area contributed by atoms with E-state index in [0.29, 0.717) is 37.0 Å². The van der Waals surface area contributed by atoms with E-state index in [0.717, 1.165) is 17.1 Å². The van der Waals surface area contributed by atoms with E-state index >= 15 is 0 Å². The number of carbonyl (C=O) groups is 1. The fourth-order valence-electron chi connectivity index (χ4n) is 4.31. The summed E-state index contributed by atoms with van der Waals surface area (Å²) in [4.78, 5) is 24.2. The monoisotopic (exact) mass is 474 g/mol. The van der Waals surface area contributed by atoms with Gasteiger partial charge >= 0.3 is 0 Å². The summed E-state index contributed by atoms with van der Waals surface area (Å²) >= 11 is 1.29. The van der Waals surface area contributed by atoms with Crippen LogP contribution in [0.2, 0.25) is 0 Å². The molecule has 6 rings (SSSR count). The van der Waals surface area contributed by atoms with Crippen LogP contribution in [0.3, 0.4) is 0 Å². The minimum Gasteiger partial charge on any atom is -0.454 e. The molecule has 0 fully saturated rings. The average molecular weight is 475 g/mol. The van der Waals surface area contributed by atoms with E-state index in [1.807, 2.05) is 30.3 Å². The predicted molar refractivity (Wildman–Crippen MR) is 126 cm³/mol. The summed E-state index contributed by atoms with van der Waals surface area (Å²) in [6, 6.07) is 13.8. The van der Waals surface area contributed by atoms with Crippen molar-refractivity contribution in [2.75, 3.05) is 18.2 Å². The summed E-state index contributed by atoms with van der Waals surface area (Å²) < 4.78 is 17.1. The van der Waals surface area contributed by atoms with Gasteiger partial charge in [-0.05, 0) is 35.2 Å². The maximum Gasteiger partial charge on any atom is 0.248 e. The van der Waals surface area contributed by atoms with Gasteiger partial charge < -0.3 is 19.7 Å². The molecule has 1 N–H and O–H groups in total. The first-order chi connectivity index (χ1) is 16.7. The van der Waals surface area contributed by atoms with Gasteiger partial charge in [0.05, 0.1) is 0 Å². The Bertz CT molecular complexity index is 1320. The molecule has 10 heteroatoms. The molecule has 0 radical (unpaired) electrons. The van der Waals surface area contributed by atoms with E-state index < -0.39 is 0 Å². The summed E-state index contributed by atoms with van der Waals surface area (Å²) in [5, 5.41) is 3.84. The number of carbonyl (C=O) groups excluding carboxylic acids is 1. The van der Waals surface area contributed by atoms with Gasteiger partial charge in [0.2, 0.25) is 23.8 Å². The molecule has 4 aromatic rings. The largest absolute Gasteiger partial charge is 0.454 e. The Morgan fingerprint density at radius 2 is 2.03 bits per heavy atom. The Kier molecular flexibility index (Phi) is 5.34. The molecule has 172 valence electrons. The lowest BCUT2D eigenvalue weighted by atomic mass is 9.94. The second-order valence-corrected chi connectivity index (χ2v) is 8.92. The van der Waals surface area contributed by atoms with E-state index in [2.05, 4.69) is 31.7 Å². The third kappa shape index (κ3) is 3.96. The highest BCUT2D eigenvalue weighted by molar-refractivity contribution is 7.09. The zero-order valence-electron chi connectivity index (χ0n) is 18.3. The minimum absolute atomic E-state index is 0.0189. The Labute approximate surface area is 200 Å². The molecular formula is C24H22N6O3S. The van der Waals surface area contributed by atoms with Crippen molar-refractivity contribution in [2.24, 2.45) is 0 Å². The first-order valence-electron chi connectivity index (χ1n) is 11.1. The smallest absolute Gasteiger partial charge is 0.248 e. The van der Waals surface area contributed by atoms with Crippen LogP contribution in [0.5, 0.6) is 11.5 Å². The van der Waals surface area contributed by atoms with Gasteiger partial charge in [0.15, 0.2) is 11.5 Å². The first-order valence-corrected chi connectivity index (χ1v) is 11.8. The summed E-state index contributed by atoms with van der Waals surface area (Å²) in [7, 11) is 0. The van der Waals surface area contributed by atoms with Crippen molar-refractivity contribution in [1.82, 2.24) is 24.2 Å². The van der Waals surface area contributed by atoms with E-state index in [-0.39, 0.29) is 18.7 Å². The molecule has 0 aliphatic carbocycles. The third-order valence-electron chi connectivity index (χ3n) is 6.09. The molecule has 1 atom stereocenters. The van der Waals surface area contributed by atoms with Gasteiger partial charge in [-0.3, -0.25) is 9.36 Å². The van der Waals surface area contributed by atoms with Crippen molar-refractivity contribution in [2.45, 2.75) is 25.4 Å². The second kappa shape index (κ2) is 8.79. The standard InChI is InChI=1S/C24H22N6O3S/c31-22(26-8-7-16-5-6-20-21(11-16)33-15-32-20)19-12-17-3-1-2-4-18(17)13-30(19)24-27-23(28-34-24)29-10-9-25-14-29/h1-6,9-11,14,19H,7-8,12-13,15H2,(H,26,31). The molecule has 2 aromatic carbocycles. The molecule has 1 amide bonds. The Morgan fingerprint density at radius 1 is 1.15 bits per heavy atom. The summed E-state index contributed by atoms with van der Waals surface area (Å²) in [5.74, 6) is 2.05. The van der Waals surface area contributed by atoms with Crippen LogP contribution in [0.4, 0.5) is 5.13 Å². The molecule has 1 unspecified atom stereocenters. The second-order valence-electron chi connectivity index (χ2n) is 8.19. The lowest BCUT2D eigenvalue weighted by Gasteiger charge is -2.35. The fourth-order valence-corrected chi connectivity index (χ4v) is 5.03. The number of rotatable bonds is 6. The van der Waals surface area contributed by atoms with Crippen LogP contribution < -0.4 is 19.7 Å². The fraction of sp³-hybridized carbons (Fsp3) is 0.250. The molecular weight excluding hydrogens is 452 g/mol. The lowest BCUT2D eigenvalue weighted by molar-refractivity contribution is -0.122. The van der Waals surface area contributed by atoms with Crippen molar-refractivity contribution < 1.29 is 14.3 Å². The van der Waals surface area contributed by atoms with E-state index in [1.54, 1.807) is 23.3 Å². The molecule has 2 aliphatic rings. The average Bonchev–Trinajstić information content (AvgIpc) is 3.64. The van der Waals surface area contributed by atoms with Gasteiger partial charge in [-0.15, -0.1) is 0 Å². The molecule has 4 heterocycles. The maximum absolute atomic E-state index is 13.3. The minimum atomic E-state index is -0.366. The number of hydrogen-bond acceptors (Lipinski definition) is 8. The molecule has 9 nitrogen and oxygen atoms in total. The summed E-state index contributed by atoms with van der Waals surface area (Å²) in [5.41, 5.74) is 3.48. The number of nitrogens with one attached hydrogen (secondary N) is 1. The van der Waals surface area contributed by atoms with Crippen LogP contribution in [-0.2, 0) is 24.2 Å². The third-order valence-corrected chi connectivity index (χ3v) is 6.83. The van der Waals surface area contributed by atoms with Crippen LogP contribution in [0.1, 0.15) is 16.7 Å². The van der Waals surface area contributed by atoms with Gasteiger partial charge in [-0.25, -0.2) is 4.98 Å². The van der Waals surface area contributed by atoms with Crippen LogP contribution >= 0.6 is 11.5 Å². The number of imidazole rings is 1. The number of nitrogens with zero attached hydrogens (tertiary/aromatic N) is 5. The van der Waals surface area contributed by atoms with Crippen molar-refractivity contribution >= 4 is 22.6 Å². The predicted octanol–water partition coefficient (Wildman–Crippen LogP) is 2.74. The molecule has 2 aliphatic heterocycles. The first kappa shape index (κ1) is 20.7. The number of hydrogen-bond donors (Lipinski definition) is 1. The van der Waals surface area contributed by atoms with E-state index in [1.165, 1.54) is 22.7 Å². The van der Waals surface area contributed by atoms with Gasteiger partial charge in [0, 0.05) is 43.4 Å². The van der Waals surface area contributed by atoms with Gasteiger partial charge in [-0.1, -0.05) is 30.3 Å². The van der Waals surface area contributed by atoms with Crippen molar-refractivity contribution in [3.05, 3.63) is 77.9 Å². The quantitative estimate of drug-likeness (QED) is 0.459. The number of fused-ring (bicyclic) bond motifs is 2. The maximum atomic E-state index is 13.3. The molecule has 0 spiro atoms. The number of benzene rings is 2. The van der Waals surface area contributed by atoms with Gasteiger partial charge in [0.1, 0.15) is 12.4 Å². The molecule has 0 saturated heterocycles. The number of aromatic nitrogens is 4. The Morgan fingerprint density at radius 3 is 2.91 bits per heavy atom. The van der Waals surface area contributed by atoms with Crippen LogP contribution in [0.25, 0.3) is 5.95 Å². The Balaban J connectivity index is 1.19. The zero-order valence-corrected chi connectivity index (χ0v) is 19.1. The lowest BCUT2D eigenvalue weighted by Crippen LogP contribution is -2.50. The van der Waals surface area contributed by atoms with Crippen molar-refractivity contribution in [3.8, 4) is 17.4 Å². The topological polar surface area (TPSA) is 94.4 Å². The van der Waals surface area contributed by atoms with E-state index in [4.69, 9.17) is 14.5 Å². The van der Waals surface area contributed by atoms with Crippen LogP contribution in [-0.4, -0.2) is 44.2 Å². The summed E-state index contributed by atoms with van der Waals surface area (Å²) in [6.07, 6.45) is 6.48. The van der Waals surface area contributed by atoms with Crippen LogP contribution in [0, 0.1) is 0 Å². The highest BCUT2D eigenvalue weighted by Gasteiger charge is 2.33. The zero-order chi connectivity index (χ0) is 22.9. The van der Waals surface area contributed by atoms with Crippen molar-refractivity contribution in [3.63, 3.8) is 0 Å². The molecule has 2 aromatic heterocycles. The molecule has 0 bridgehead atoms. The number of amides is 1. The highest BCUT2D eigenvalue weighted by Crippen LogP contribution is 2.33. The van der Waals surface area contributed by atoms with Gasteiger partial charge in [0.25, 0.3) is 0 Å². The number of ether oxygens (including phenoxy) is 2. The van der Waals surface area contributed by atoms with Gasteiger partial charge in [-0.2, -0.15) is 9.36 Å². The molecule has 0 saturated carbocycles. The van der Waals surface area contributed by atoms with Crippen LogP contribution in [0.15, 0.2) is 61.2 Å². The highest BCUT2D eigenvalue weighted by atomic mass is 32.1. The Hall–Kier alpha value is -3.92. The number of anilines is 1. The summed E-state index contributed by atoms with van der Waals surface area (Å²) in [6.45, 7) is 1.39. The van der Waals surface area contributed by atoms with E-state index in [9.17, 15) is 4.79 Å². The molecule has 34 heavy (non-hydrogen) atoms. The van der Waals surface area contributed by atoms with Crippen molar-refractivity contribution in [1.29, 1.82) is 0 Å². The normalized spacial score (nSPS) is 16.4. The SMILES string of the molecule is O=C(NCCc1ccc2c(c1)OCO2)C1Cc2ccccc2CN1c1nc(-n2ccnc2)ns1.